The maximum Gasteiger partial charge on any atom is 0.227 e. The summed E-state index contributed by atoms with van der Waals surface area (Å²) in [5.74, 6) is 0.173. The molecule has 0 N–H and O–H groups in total. The second-order valence-corrected chi connectivity index (χ2v) is 6.87. The number of aryl methyl sites for hydroxylation is 1. The summed E-state index contributed by atoms with van der Waals surface area (Å²) in [6.45, 7) is 5.56. The molecule has 3 aromatic rings. The number of carbonyl (C=O) groups excluding carboxylic acids is 1. The molecule has 3 heterocycles. The molecule has 4 rings (SSSR count). The van der Waals surface area contributed by atoms with E-state index in [1.165, 1.54) is 0 Å². The third-order valence-corrected chi connectivity index (χ3v) is 5.23. The summed E-state index contributed by atoms with van der Waals surface area (Å²) >= 11 is 0. The number of para-hydroxylation sites is 1. The fraction of sp³-hybridized carbons (Fsp3) is 0.350. The van der Waals surface area contributed by atoms with Crippen LogP contribution < -0.4 is 0 Å². The maximum absolute atomic E-state index is 12.8. The Balaban J connectivity index is 1.49. The molecule has 1 fully saturated rings. The first-order valence-electron chi connectivity index (χ1n) is 8.99. The average Bonchev–Trinajstić information content (AvgIpc) is 3.39. The summed E-state index contributed by atoms with van der Waals surface area (Å²) in [6.07, 6.45) is 6.97. The van der Waals surface area contributed by atoms with Gasteiger partial charge in [0.05, 0.1) is 30.2 Å². The van der Waals surface area contributed by atoms with Crippen LogP contribution in [0.1, 0.15) is 29.4 Å². The van der Waals surface area contributed by atoms with Gasteiger partial charge in [0.1, 0.15) is 0 Å². The van der Waals surface area contributed by atoms with Crippen LogP contribution in [-0.4, -0.2) is 43.2 Å². The summed E-state index contributed by atoms with van der Waals surface area (Å²) in [5, 5.41) is 4.65. The molecule has 6 heteroatoms. The smallest absolute Gasteiger partial charge is 0.227 e. The van der Waals surface area contributed by atoms with Gasteiger partial charge in [-0.1, -0.05) is 18.2 Å². The van der Waals surface area contributed by atoms with Crippen LogP contribution >= 0.6 is 0 Å². The van der Waals surface area contributed by atoms with Gasteiger partial charge < -0.3 is 9.47 Å². The van der Waals surface area contributed by atoms with Crippen LogP contribution in [0, 0.1) is 13.8 Å². The molecular weight excluding hydrogens is 326 g/mol. The molecule has 134 valence electrons. The molecule has 2 aromatic heterocycles. The number of likely N-dealkylation sites (tertiary alicyclic amines) is 1. The molecule has 1 unspecified atom stereocenters. The summed E-state index contributed by atoms with van der Waals surface area (Å²) in [7, 11) is 0. The number of imidazole rings is 1. The Labute approximate surface area is 153 Å². The van der Waals surface area contributed by atoms with E-state index in [4.69, 9.17) is 0 Å². The standard InChI is InChI=1S/C20H23N5O/c1-15-19(16(2)25(22-15)17-6-4-3-5-7-17)12-20(26)23-10-8-18(13-23)24-11-9-21-14-24/h3-7,9,11,14,18H,8,10,12-13H2,1-2H3. The molecule has 0 bridgehead atoms. The Bertz CT molecular complexity index is 898. The van der Waals surface area contributed by atoms with Crippen molar-refractivity contribution in [1.82, 2.24) is 24.2 Å². The van der Waals surface area contributed by atoms with Gasteiger partial charge >= 0.3 is 0 Å². The van der Waals surface area contributed by atoms with Crippen molar-refractivity contribution in [3.63, 3.8) is 0 Å². The number of hydrogen-bond acceptors (Lipinski definition) is 3. The molecule has 6 nitrogen and oxygen atoms in total. The molecule has 0 spiro atoms. The van der Waals surface area contributed by atoms with E-state index in [0.29, 0.717) is 12.5 Å². The summed E-state index contributed by atoms with van der Waals surface area (Å²) < 4.78 is 4.02. The SMILES string of the molecule is Cc1nn(-c2ccccc2)c(C)c1CC(=O)N1CCC(n2ccnc2)C1. The topological polar surface area (TPSA) is 56.0 Å². The molecule has 1 aliphatic rings. The van der Waals surface area contributed by atoms with E-state index < -0.39 is 0 Å². The van der Waals surface area contributed by atoms with E-state index in [1.54, 1.807) is 6.20 Å². The van der Waals surface area contributed by atoms with Crippen LogP contribution in [0.3, 0.4) is 0 Å². The van der Waals surface area contributed by atoms with Crippen molar-refractivity contribution in [1.29, 1.82) is 0 Å². The largest absolute Gasteiger partial charge is 0.340 e. The lowest BCUT2D eigenvalue weighted by atomic mass is 10.1. The summed E-state index contributed by atoms with van der Waals surface area (Å²) in [4.78, 5) is 18.9. The van der Waals surface area contributed by atoms with E-state index in [9.17, 15) is 4.79 Å². The zero-order chi connectivity index (χ0) is 18.1. The van der Waals surface area contributed by atoms with Crippen LogP contribution in [0.4, 0.5) is 0 Å². The minimum Gasteiger partial charge on any atom is -0.340 e. The van der Waals surface area contributed by atoms with E-state index in [2.05, 4.69) is 14.6 Å². The van der Waals surface area contributed by atoms with Gasteiger partial charge in [-0.05, 0) is 32.4 Å². The lowest BCUT2D eigenvalue weighted by Gasteiger charge is -2.17. The van der Waals surface area contributed by atoms with Gasteiger partial charge in [-0.15, -0.1) is 0 Å². The van der Waals surface area contributed by atoms with Crippen LogP contribution in [0.15, 0.2) is 49.1 Å². The predicted octanol–water partition coefficient (Wildman–Crippen LogP) is 2.70. The number of benzene rings is 1. The molecule has 1 amide bonds. The molecule has 0 aliphatic carbocycles. The number of carbonyl (C=O) groups is 1. The van der Waals surface area contributed by atoms with Gasteiger partial charge in [-0.2, -0.15) is 5.10 Å². The molecule has 0 saturated carbocycles. The first-order chi connectivity index (χ1) is 12.6. The van der Waals surface area contributed by atoms with Crippen LogP contribution in [0.2, 0.25) is 0 Å². The Kier molecular flexibility index (Phi) is 4.32. The van der Waals surface area contributed by atoms with Crippen molar-refractivity contribution in [2.45, 2.75) is 32.7 Å². The molecule has 1 saturated heterocycles. The molecule has 1 atom stereocenters. The number of rotatable bonds is 4. The van der Waals surface area contributed by atoms with E-state index >= 15 is 0 Å². The Morgan fingerprint density at radius 1 is 1.23 bits per heavy atom. The fourth-order valence-corrected chi connectivity index (χ4v) is 3.71. The monoisotopic (exact) mass is 349 g/mol. The van der Waals surface area contributed by atoms with Gasteiger partial charge in [0, 0.05) is 36.7 Å². The van der Waals surface area contributed by atoms with Crippen molar-refractivity contribution >= 4 is 5.91 Å². The van der Waals surface area contributed by atoms with Crippen LogP contribution in [0.25, 0.3) is 5.69 Å². The Hall–Kier alpha value is -2.89. The van der Waals surface area contributed by atoms with Crippen molar-refractivity contribution in [3.05, 3.63) is 66.0 Å². The normalized spacial score (nSPS) is 17.0. The quantitative estimate of drug-likeness (QED) is 0.728. The predicted molar refractivity (Wildman–Crippen MR) is 99.2 cm³/mol. The fourth-order valence-electron chi connectivity index (χ4n) is 3.71. The highest BCUT2D eigenvalue weighted by molar-refractivity contribution is 5.79. The van der Waals surface area contributed by atoms with Gasteiger partial charge in [-0.3, -0.25) is 4.79 Å². The number of amides is 1. The van der Waals surface area contributed by atoms with E-state index in [1.807, 2.05) is 66.3 Å². The molecule has 1 aromatic carbocycles. The summed E-state index contributed by atoms with van der Waals surface area (Å²) in [5.41, 5.74) is 4.01. The molecular formula is C20H23N5O. The van der Waals surface area contributed by atoms with Crippen LogP contribution in [0.5, 0.6) is 0 Å². The van der Waals surface area contributed by atoms with E-state index in [0.717, 1.165) is 42.1 Å². The minimum atomic E-state index is 0.173. The molecule has 26 heavy (non-hydrogen) atoms. The second kappa shape index (κ2) is 6.78. The first-order valence-corrected chi connectivity index (χ1v) is 8.99. The second-order valence-electron chi connectivity index (χ2n) is 6.87. The highest BCUT2D eigenvalue weighted by atomic mass is 16.2. The number of aromatic nitrogens is 4. The first kappa shape index (κ1) is 16.6. The molecule has 0 radical (unpaired) electrons. The number of nitrogens with zero attached hydrogens (tertiary/aromatic N) is 5. The minimum absolute atomic E-state index is 0.173. The molecule has 1 aliphatic heterocycles. The number of hydrogen-bond donors (Lipinski definition) is 0. The third-order valence-electron chi connectivity index (χ3n) is 5.23. The van der Waals surface area contributed by atoms with Gasteiger partial charge in [-0.25, -0.2) is 9.67 Å². The van der Waals surface area contributed by atoms with Gasteiger partial charge in [0.2, 0.25) is 5.91 Å². The lowest BCUT2D eigenvalue weighted by molar-refractivity contribution is -0.129. The average molecular weight is 349 g/mol. The third kappa shape index (κ3) is 3.03. The van der Waals surface area contributed by atoms with Crippen molar-refractivity contribution < 1.29 is 4.79 Å². The highest BCUT2D eigenvalue weighted by Crippen LogP contribution is 2.24. The van der Waals surface area contributed by atoms with E-state index in [-0.39, 0.29) is 5.91 Å². The van der Waals surface area contributed by atoms with Crippen LogP contribution in [-0.2, 0) is 11.2 Å². The zero-order valence-electron chi connectivity index (χ0n) is 15.2. The highest BCUT2D eigenvalue weighted by Gasteiger charge is 2.28. The Morgan fingerprint density at radius 2 is 2.04 bits per heavy atom. The summed E-state index contributed by atoms with van der Waals surface area (Å²) in [6, 6.07) is 10.4. The zero-order valence-corrected chi connectivity index (χ0v) is 15.2. The van der Waals surface area contributed by atoms with Crippen molar-refractivity contribution in [2.24, 2.45) is 0 Å². The van der Waals surface area contributed by atoms with Gasteiger partial charge in [0.25, 0.3) is 0 Å². The Morgan fingerprint density at radius 3 is 2.77 bits per heavy atom. The van der Waals surface area contributed by atoms with Gasteiger partial charge in [0.15, 0.2) is 0 Å². The van der Waals surface area contributed by atoms with Crippen molar-refractivity contribution in [3.8, 4) is 5.69 Å². The maximum atomic E-state index is 12.8. The lowest BCUT2D eigenvalue weighted by Crippen LogP contribution is -2.30. The van der Waals surface area contributed by atoms with Crippen molar-refractivity contribution in [2.75, 3.05) is 13.1 Å².